The lowest BCUT2D eigenvalue weighted by molar-refractivity contribution is 0.0956. The van der Waals surface area contributed by atoms with Crippen LogP contribution in [0, 0.1) is 0 Å². The number of sulfone groups is 1. The minimum absolute atomic E-state index is 0.0504. The minimum atomic E-state index is -3.09. The first-order chi connectivity index (χ1) is 8.34. The van der Waals surface area contributed by atoms with Crippen molar-refractivity contribution in [2.75, 3.05) is 23.8 Å². The van der Waals surface area contributed by atoms with E-state index in [1.807, 2.05) is 0 Å². The van der Waals surface area contributed by atoms with Crippen LogP contribution in [0.15, 0.2) is 12.1 Å². The quantitative estimate of drug-likeness (QED) is 0.768. The molecular weight excluding hydrogens is 278 g/mol. The predicted molar refractivity (Wildman–Crippen MR) is 70.3 cm³/mol. The van der Waals surface area contributed by atoms with E-state index >= 15 is 0 Å². The van der Waals surface area contributed by atoms with Crippen molar-refractivity contribution >= 4 is 33.2 Å². The van der Waals surface area contributed by atoms with Gasteiger partial charge in [-0.1, -0.05) is 18.5 Å². The van der Waals surface area contributed by atoms with E-state index in [0.29, 0.717) is 0 Å². The Bertz CT molecular complexity index is 525. The van der Waals surface area contributed by atoms with Gasteiger partial charge in [0.15, 0.2) is 9.84 Å². The summed E-state index contributed by atoms with van der Waals surface area (Å²) in [4.78, 5) is 15.4. The summed E-state index contributed by atoms with van der Waals surface area (Å²) in [5.74, 6) is -0.341. The van der Waals surface area contributed by atoms with E-state index in [2.05, 4.69) is 10.3 Å². The Balaban J connectivity index is 2.61. The highest BCUT2D eigenvalue weighted by molar-refractivity contribution is 7.91. The van der Waals surface area contributed by atoms with E-state index < -0.39 is 15.7 Å². The van der Waals surface area contributed by atoms with E-state index in [-0.39, 0.29) is 34.6 Å². The molecule has 1 amide bonds. The van der Waals surface area contributed by atoms with Gasteiger partial charge >= 0.3 is 0 Å². The second-order valence-corrected chi connectivity index (χ2v) is 6.46. The molecule has 0 bridgehead atoms. The number of aromatic nitrogens is 1. The van der Waals surface area contributed by atoms with Gasteiger partial charge in [-0.05, 0) is 12.1 Å². The van der Waals surface area contributed by atoms with Gasteiger partial charge in [-0.15, -0.1) is 0 Å². The molecule has 0 unspecified atom stereocenters. The fraction of sp³-hybridized carbons (Fsp3) is 0.400. The van der Waals surface area contributed by atoms with Gasteiger partial charge in [-0.3, -0.25) is 4.79 Å². The first-order valence-corrected chi connectivity index (χ1v) is 7.45. The summed E-state index contributed by atoms with van der Waals surface area (Å²) in [6.07, 6.45) is 0. The summed E-state index contributed by atoms with van der Waals surface area (Å²) >= 11 is 5.66. The number of nitrogens with zero attached hydrogens (tertiary/aromatic N) is 1. The summed E-state index contributed by atoms with van der Waals surface area (Å²) in [6.45, 7) is 1.61. The summed E-state index contributed by atoms with van der Waals surface area (Å²) in [5, 5.41) is 2.60. The Morgan fingerprint density at radius 2 is 2.17 bits per heavy atom. The van der Waals surface area contributed by atoms with Gasteiger partial charge in [0.25, 0.3) is 5.91 Å². The van der Waals surface area contributed by atoms with Crippen molar-refractivity contribution in [2.24, 2.45) is 0 Å². The van der Waals surface area contributed by atoms with Crippen LogP contribution in [-0.4, -0.2) is 37.4 Å². The summed E-state index contributed by atoms with van der Waals surface area (Å²) < 4.78 is 22.4. The number of hydrogen-bond acceptors (Lipinski definition) is 5. The maximum absolute atomic E-state index is 11.7. The number of halogens is 1. The highest BCUT2D eigenvalue weighted by Crippen LogP contribution is 2.11. The second-order valence-electron chi connectivity index (χ2n) is 3.60. The van der Waals surface area contributed by atoms with Crippen molar-refractivity contribution in [1.29, 1.82) is 0 Å². The lowest BCUT2D eigenvalue weighted by atomic mass is 10.2. The van der Waals surface area contributed by atoms with Crippen LogP contribution in [0.1, 0.15) is 17.3 Å². The number of nitrogens with two attached hydrogens (primary N) is 1. The summed E-state index contributed by atoms with van der Waals surface area (Å²) in [5.41, 5.74) is 5.70. The molecule has 3 N–H and O–H groups in total. The van der Waals surface area contributed by atoms with Crippen LogP contribution >= 0.6 is 11.6 Å². The van der Waals surface area contributed by atoms with Crippen molar-refractivity contribution in [2.45, 2.75) is 6.92 Å². The average molecular weight is 292 g/mol. The maximum atomic E-state index is 11.7. The normalized spacial score (nSPS) is 11.2. The van der Waals surface area contributed by atoms with E-state index in [9.17, 15) is 13.2 Å². The number of nitrogens with one attached hydrogen (secondary N) is 1. The topological polar surface area (TPSA) is 102 Å². The molecule has 18 heavy (non-hydrogen) atoms. The zero-order valence-corrected chi connectivity index (χ0v) is 11.4. The highest BCUT2D eigenvalue weighted by atomic mass is 35.5. The van der Waals surface area contributed by atoms with Crippen LogP contribution in [0.3, 0.4) is 0 Å². The third kappa shape index (κ3) is 4.50. The molecule has 1 aromatic heterocycles. The first kappa shape index (κ1) is 14.7. The molecule has 1 aromatic rings. The molecule has 0 aliphatic carbocycles. The Labute approximate surface area is 110 Å². The van der Waals surface area contributed by atoms with Crippen molar-refractivity contribution in [1.82, 2.24) is 10.3 Å². The lowest BCUT2D eigenvalue weighted by Gasteiger charge is -2.06. The van der Waals surface area contributed by atoms with E-state index in [4.69, 9.17) is 17.3 Å². The Morgan fingerprint density at radius 3 is 2.72 bits per heavy atom. The largest absolute Gasteiger partial charge is 0.384 e. The fourth-order valence-corrected chi connectivity index (χ4v) is 2.13. The van der Waals surface area contributed by atoms with Crippen LogP contribution in [-0.2, 0) is 9.84 Å². The Hall–Kier alpha value is -1.34. The minimum Gasteiger partial charge on any atom is -0.384 e. The summed E-state index contributed by atoms with van der Waals surface area (Å²) in [7, 11) is -3.09. The van der Waals surface area contributed by atoms with Crippen molar-refractivity contribution in [3.63, 3.8) is 0 Å². The number of pyridine rings is 1. The number of amides is 1. The number of carbonyl (C=O) groups excluding carboxylic acids is 1. The molecule has 0 aromatic carbocycles. The predicted octanol–water partition coefficient (Wildman–Crippen LogP) is 0.482. The SMILES string of the molecule is CCS(=O)(=O)CCNC(=O)c1cc(N)nc(Cl)c1. The van der Waals surface area contributed by atoms with Crippen molar-refractivity contribution in [3.05, 3.63) is 22.8 Å². The van der Waals surface area contributed by atoms with E-state index in [1.165, 1.54) is 12.1 Å². The van der Waals surface area contributed by atoms with E-state index in [1.54, 1.807) is 6.92 Å². The zero-order valence-electron chi connectivity index (χ0n) is 9.81. The van der Waals surface area contributed by atoms with Gasteiger partial charge in [0.05, 0.1) is 5.75 Å². The average Bonchev–Trinajstić information content (AvgIpc) is 2.27. The number of anilines is 1. The molecule has 0 saturated heterocycles. The molecule has 0 spiro atoms. The van der Waals surface area contributed by atoms with Crippen molar-refractivity contribution in [3.8, 4) is 0 Å². The van der Waals surface area contributed by atoms with Crippen LogP contribution in [0.5, 0.6) is 0 Å². The Kier molecular flexibility index (Phi) is 4.92. The second kappa shape index (κ2) is 6.01. The smallest absolute Gasteiger partial charge is 0.251 e. The van der Waals surface area contributed by atoms with Gasteiger partial charge in [0.1, 0.15) is 11.0 Å². The fourth-order valence-electron chi connectivity index (χ4n) is 1.21. The number of nitrogen functional groups attached to an aromatic ring is 1. The highest BCUT2D eigenvalue weighted by Gasteiger charge is 2.11. The molecule has 0 atom stereocenters. The van der Waals surface area contributed by atoms with Gasteiger partial charge < -0.3 is 11.1 Å². The van der Waals surface area contributed by atoms with Crippen LogP contribution in [0.25, 0.3) is 0 Å². The van der Waals surface area contributed by atoms with Crippen molar-refractivity contribution < 1.29 is 13.2 Å². The number of carbonyl (C=O) groups is 1. The van der Waals surface area contributed by atoms with E-state index in [0.717, 1.165) is 0 Å². The molecule has 0 radical (unpaired) electrons. The standard InChI is InChI=1S/C10H14ClN3O3S/c1-2-18(16,17)4-3-13-10(15)7-5-8(11)14-9(12)6-7/h5-6H,2-4H2,1H3,(H2,12,14)(H,13,15). The van der Waals surface area contributed by atoms with Crippen LogP contribution < -0.4 is 11.1 Å². The summed E-state index contributed by atoms with van der Waals surface area (Å²) in [6, 6.07) is 2.73. The zero-order chi connectivity index (χ0) is 13.8. The molecule has 0 fully saturated rings. The third-order valence-electron chi connectivity index (χ3n) is 2.21. The van der Waals surface area contributed by atoms with Gasteiger partial charge in [-0.25, -0.2) is 13.4 Å². The van der Waals surface area contributed by atoms with Gasteiger partial charge in [0.2, 0.25) is 0 Å². The molecule has 100 valence electrons. The number of rotatable bonds is 5. The maximum Gasteiger partial charge on any atom is 0.251 e. The molecule has 0 aliphatic heterocycles. The molecule has 8 heteroatoms. The first-order valence-electron chi connectivity index (χ1n) is 5.26. The monoisotopic (exact) mass is 291 g/mol. The molecule has 6 nitrogen and oxygen atoms in total. The van der Waals surface area contributed by atoms with Crippen LogP contribution in [0.4, 0.5) is 5.82 Å². The molecular formula is C10H14ClN3O3S. The molecule has 1 heterocycles. The lowest BCUT2D eigenvalue weighted by Crippen LogP contribution is -2.29. The number of hydrogen-bond donors (Lipinski definition) is 2. The Morgan fingerprint density at radius 1 is 1.50 bits per heavy atom. The van der Waals surface area contributed by atoms with Crippen LogP contribution in [0.2, 0.25) is 5.15 Å². The molecule has 0 aliphatic rings. The third-order valence-corrected chi connectivity index (χ3v) is 4.11. The molecule has 0 saturated carbocycles. The van der Waals surface area contributed by atoms with Gasteiger partial charge in [0, 0.05) is 17.9 Å². The molecule has 1 rings (SSSR count). The van der Waals surface area contributed by atoms with Gasteiger partial charge in [-0.2, -0.15) is 0 Å².